The van der Waals surface area contributed by atoms with Crippen LogP contribution in [0.15, 0.2) is 0 Å². The first-order valence-corrected chi connectivity index (χ1v) is 5.75. The van der Waals surface area contributed by atoms with Crippen LogP contribution in [-0.2, 0) is 14.4 Å². The monoisotopic (exact) mass is 242 g/mol. The number of carboxylic acid groups (broad SMARTS) is 1. The summed E-state index contributed by atoms with van der Waals surface area (Å²) < 4.78 is 0. The van der Waals surface area contributed by atoms with Crippen molar-refractivity contribution in [2.75, 3.05) is 13.1 Å². The number of primary amides is 1. The topological polar surface area (TPSA) is 101 Å². The van der Waals surface area contributed by atoms with Gasteiger partial charge in [0.25, 0.3) is 0 Å². The number of aliphatic carboxylic acids is 1. The van der Waals surface area contributed by atoms with Gasteiger partial charge in [0.05, 0.1) is 6.54 Å². The molecule has 0 aromatic rings. The van der Waals surface area contributed by atoms with Gasteiger partial charge >= 0.3 is 5.97 Å². The molecule has 0 radical (unpaired) electrons. The molecule has 1 rings (SSSR count). The van der Waals surface area contributed by atoms with Crippen LogP contribution in [-0.4, -0.2) is 40.9 Å². The van der Waals surface area contributed by atoms with Gasteiger partial charge in [-0.3, -0.25) is 14.4 Å². The Morgan fingerprint density at radius 1 is 1.35 bits per heavy atom. The predicted octanol–water partition coefficient (Wildman–Crippen LogP) is -0.0348. The number of unbranched alkanes of at least 4 members (excludes halogenated alkanes) is 1. The van der Waals surface area contributed by atoms with E-state index in [0.717, 1.165) is 12.8 Å². The van der Waals surface area contributed by atoms with Gasteiger partial charge in [-0.05, 0) is 19.3 Å². The third-order valence-corrected chi connectivity index (χ3v) is 2.98. The van der Waals surface area contributed by atoms with Gasteiger partial charge in [0.1, 0.15) is 5.41 Å². The Hall–Kier alpha value is -1.59. The van der Waals surface area contributed by atoms with Crippen LogP contribution in [0.25, 0.3) is 0 Å². The van der Waals surface area contributed by atoms with Crippen LogP contribution in [0.4, 0.5) is 0 Å². The molecule has 2 amide bonds. The smallest absolute Gasteiger partial charge is 0.319 e. The van der Waals surface area contributed by atoms with Crippen molar-refractivity contribution < 1.29 is 19.5 Å². The van der Waals surface area contributed by atoms with Gasteiger partial charge < -0.3 is 15.7 Å². The Balaban J connectivity index is 2.72. The summed E-state index contributed by atoms with van der Waals surface area (Å²) in [5.41, 5.74) is 3.77. The Morgan fingerprint density at radius 3 is 2.29 bits per heavy atom. The van der Waals surface area contributed by atoms with Crippen molar-refractivity contribution in [1.82, 2.24) is 4.90 Å². The van der Waals surface area contributed by atoms with E-state index in [1.54, 1.807) is 0 Å². The summed E-state index contributed by atoms with van der Waals surface area (Å²) in [4.78, 5) is 35.2. The van der Waals surface area contributed by atoms with E-state index in [1.807, 2.05) is 6.92 Å². The normalized spacial score (nSPS) is 16.3. The lowest BCUT2D eigenvalue weighted by Gasteiger charge is -2.24. The molecule has 1 saturated carbocycles. The van der Waals surface area contributed by atoms with E-state index >= 15 is 0 Å². The maximum Gasteiger partial charge on any atom is 0.319 e. The fourth-order valence-electron chi connectivity index (χ4n) is 1.74. The molecule has 6 nitrogen and oxygen atoms in total. The van der Waals surface area contributed by atoms with Gasteiger partial charge in [0.15, 0.2) is 0 Å². The van der Waals surface area contributed by atoms with Gasteiger partial charge in [-0.25, -0.2) is 0 Å². The highest BCUT2D eigenvalue weighted by molar-refractivity contribution is 6.05. The largest absolute Gasteiger partial charge is 0.480 e. The van der Waals surface area contributed by atoms with Crippen molar-refractivity contribution in [1.29, 1.82) is 0 Å². The molecular formula is C11H18N2O4. The van der Waals surface area contributed by atoms with Crippen LogP contribution >= 0.6 is 0 Å². The number of amides is 2. The molecule has 0 spiro atoms. The summed E-state index contributed by atoms with van der Waals surface area (Å²) in [6.45, 7) is 2.14. The first kappa shape index (κ1) is 13.5. The minimum absolute atomic E-state index is 0.201. The molecule has 6 heteroatoms. The standard InChI is InChI=1S/C11H18N2O4/c1-2-3-6-13(7-8(12)14)9(15)11(4-5-11)10(16)17/h2-7H2,1H3,(H2,12,14)(H,16,17). The molecule has 0 aromatic carbocycles. The summed E-state index contributed by atoms with van der Waals surface area (Å²) in [5.74, 6) is -2.19. The molecule has 0 aliphatic heterocycles. The quantitative estimate of drug-likeness (QED) is 0.612. The van der Waals surface area contributed by atoms with Gasteiger partial charge in [-0.15, -0.1) is 0 Å². The average Bonchev–Trinajstić information content (AvgIpc) is 3.03. The fourth-order valence-corrected chi connectivity index (χ4v) is 1.74. The maximum absolute atomic E-state index is 12.0. The molecular weight excluding hydrogens is 224 g/mol. The molecule has 0 unspecified atom stereocenters. The number of hydrogen-bond donors (Lipinski definition) is 2. The molecule has 1 fully saturated rings. The first-order valence-electron chi connectivity index (χ1n) is 5.75. The van der Waals surface area contributed by atoms with Crippen molar-refractivity contribution in [2.45, 2.75) is 32.6 Å². The zero-order chi connectivity index (χ0) is 13.1. The SMILES string of the molecule is CCCCN(CC(N)=O)C(=O)C1(C(=O)O)CC1. The van der Waals surface area contributed by atoms with E-state index in [-0.39, 0.29) is 6.54 Å². The van der Waals surface area contributed by atoms with Crippen LogP contribution in [0.3, 0.4) is 0 Å². The number of carbonyl (C=O) groups excluding carboxylic acids is 2. The lowest BCUT2D eigenvalue weighted by molar-refractivity contribution is -0.154. The number of nitrogens with zero attached hydrogens (tertiary/aromatic N) is 1. The summed E-state index contributed by atoms with van der Waals surface area (Å²) in [6, 6.07) is 0. The molecule has 1 aliphatic rings. The van der Waals surface area contributed by atoms with E-state index < -0.39 is 23.2 Å². The van der Waals surface area contributed by atoms with E-state index in [9.17, 15) is 14.4 Å². The summed E-state index contributed by atoms with van der Waals surface area (Å²) in [7, 11) is 0. The zero-order valence-corrected chi connectivity index (χ0v) is 9.94. The van der Waals surface area contributed by atoms with Crippen molar-refractivity contribution in [2.24, 2.45) is 11.1 Å². The third kappa shape index (κ3) is 2.95. The highest BCUT2D eigenvalue weighted by Crippen LogP contribution is 2.47. The van der Waals surface area contributed by atoms with Crippen molar-refractivity contribution >= 4 is 17.8 Å². The highest BCUT2D eigenvalue weighted by Gasteiger charge is 2.58. The second-order valence-corrected chi connectivity index (χ2v) is 4.43. The summed E-state index contributed by atoms with van der Waals surface area (Å²) in [6.07, 6.45) is 2.29. The number of nitrogens with two attached hydrogens (primary N) is 1. The molecule has 17 heavy (non-hydrogen) atoms. The minimum atomic E-state index is -1.29. The van der Waals surface area contributed by atoms with Crippen LogP contribution in [0.5, 0.6) is 0 Å². The third-order valence-electron chi connectivity index (χ3n) is 2.98. The number of carbonyl (C=O) groups is 3. The van der Waals surface area contributed by atoms with Crippen molar-refractivity contribution in [3.8, 4) is 0 Å². The second-order valence-electron chi connectivity index (χ2n) is 4.43. The number of carboxylic acids is 1. The lowest BCUT2D eigenvalue weighted by Crippen LogP contribution is -2.45. The zero-order valence-electron chi connectivity index (χ0n) is 9.94. The number of hydrogen-bond acceptors (Lipinski definition) is 3. The first-order chi connectivity index (χ1) is 7.94. The van der Waals surface area contributed by atoms with Crippen LogP contribution in [0.1, 0.15) is 32.6 Å². The van der Waals surface area contributed by atoms with E-state index in [2.05, 4.69) is 0 Å². The predicted molar refractivity (Wildman–Crippen MR) is 60.0 cm³/mol. The summed E-state index contributed by atoms with van der Waals surface area (Å²) >= 11 is 0. The Bertz CT molecular complexity index is 336. The summed E-state index contributed by atoms with van der Waals surface area (Å²) in [5, 5.41) is 9.02. The molecule has 0 aromatic heterocycles. The van der Waals surface area contributed by atoms with Gasteiger partial charge in [0, 0.05) is 6.54 Å². The highest BCUT2D eigenvalue weighted by atomic mass is 16.4. The Morgan fingerprint density at radius 2 is 1.94 bits per heavy atom. The average molecular weight is 242 g/mol. The molecule has 3 N–H and O–H groups in total. The lowest BCUT2D eigenvalue weighted by atomic mass is 10.1. The van der Waals surface area contributed by atoms with Gasteiger partial charge in [-0.2, -0.15) is 0 Å². The Labute approximate surface area is 99.8 Å². The van der Waals surface area contributed by atoms with Crippen LogP contribution < -0.4 is 5.73 Å². The minimum Gasteiger partial charge on any atom is -0.480 e. The molecule has 0 heterocycles. The van der Waals surface area contributed by atoms with Crippen molar-refractivity contribution in [3.05, 3.63) is 0 Å². The van der Waals surface area contributed by atoms with E-state index in [0.29, 0.717) is 19.4 Å². The van der Waals surface area contributed by atoms with Crippen LogP contribution in [0.2, 0.25) is 0 Å². The molecule has 96 valence electrons. The fraction of sp³-hybridized carbons (Fsp3) is 0.727. The molecule has 0 bridgehead atoms. The molecule has 1 aliphatic carbocycles. The number of rotatable bonds is 7. The second kappa shape index (κ2) is 5.16. The Kier molecular flexibility index (Phi) is 4.09. The molecule has 0 atom stereocenters. The maximum atomic E-state index is 12.0. The van der Waals surface area contributed by atoms with E-state index in [1.165, 1.54) is 4.90 Å². The van der Waals surface area contributed by atoms with Gasteiger partial charge in [-0.1, -0.05) is 13.3 Å². The van der Waals surface area contributed by atoms with Crippen LogP contribution in [0, 0.1) is 5.41 Å². The van der Waals surface area contributed by atoms with Gasteiger partial charge in [0.2, 0.25) is 11.8 Å². The van der Waals surface area contributed by atoms with E-state index in [4.69, 9.17) is 10.8 Å². The van der Waals surface area contributed by atoms with Crippen molar-refractivity contribution in [3.63, 3.8) is 0 Å². The molecule has 0 saturated heterocycles.